The molecular formula is C12H13N3O. The number of benzene rings is 1. The number of aromatic nitrogens is 2. The molecule has 4 nitrogen and oxygen atoms in total. The van der Waals surface area contributed by atoms with Crippen LogP contribution in [0.25, 0.3) is 0 Å². The van der Waals surface area contributed by atoms with Crippen LogP contribution in [0.5, 0.6) is 0 Å². The van der Waals surface area contributed by atoms with Crippen molar-refractivity contribution < 1.29 is 4.79 Å². The van der Waals surface area contributed by atoms with Crippen LogP contribution in [0.4, 0.5) is 5.82 Å². The molecule has 0 unspecified atom stereocenters. The minimum absolute atomic E-state index is 0.0960. The molecule has 0 bridgehead atoms. The van der Waals surface area contributed by atoms with Gasteiger partial charge in [-0.1, -0.05) is 30.3 Å². The van der Waals surface area contributed by atoms with Crippen LogP contribution >= 0.6 is 0 Å². The lowest BCUT2D eigenvalue weighted by atomic mass is 10.1. The van der Waals surface area contributed by atoms with Crippen LogP contribution in [-0.2, 0) is 4.79 Å². The predicted molar refractivity (Wildman–Crippen MR) is 62.2 cm³/mol. The standard InChI is InChI=1S/C12H13N3O/c1-10(11-5-3-2-4-6-11)15-12(13-9-16)7-8-14-15/h2-10H,1H3,(H,13,16)/t10-/m0/s1. The molecule has 0 aliphatic carbocycles. The summed E-state index contributed by atoms with van der Waals surface area (Å²) in [5, 5.41) is 6.83. The van der Waals surface area contributed by atoms with Gasteiger partial charge in [-0.05, 0) is 12.5 Å². The first-order valence-electron chi connectivity index (χ1n) is 5.11. The van der Waals surface area contributed by atoms with Crippen molar-refractivity contribution >= 4 is 12.2 Å². The van der Waals surface area contributed by atoms with Gasteiger partial charge in [-0.3, -0.25) is 4.79 Å². The summed E-state index contributed by atoms with van der Waals surface area (Å²) in [6, 6.07) is 11.9. The lowest BCUT2D eigenvalue weighted by Crippen LogP contribution is -2.12. The molecule has 0 aliphatic rings. The van der Waals surface area contributed by atoms with Gasteiger partial charge in [0.2, 0.25) is 6.41 Å². The highest BCUT2D eigenvalue weighted by molar-refractivity contribution is 5.68. The highest BCUT2D eigenvalue weighted by Gasteiger charge is 2.11. The normalized spacial score (nSPS) is 12.1. The largest absolute Gasteiger partial charge is 0.314 e. The molecule has 1 aromatic heterocycles. The van der Waals surface area contributed by atoms with Crippen molar-refractivity contribution in [3.63, 3.8) is 0 Å². The van der Waals surface area contributed by atoms with E-state index < -0.39 is 0 Å². The summed E-state index contributed by atoms with van der Waals surface area (Å²) in [4.78, 5) is 10.4. The topological polar surface area (TPSA) is 46.9 Å². The second kappa shape index (κ2) is 4.61. The quantitative estimate of drug-likeness (QED) is 0.793. The molecule has 1 atom stereocenters. The first-order chi connectivity index (χ1) is 7.83. The Labute approximate surface area is 93.9 Å². The highest BCUT2D eigenvalue weighted by Crippen LogP contribution is 2.20. The summed E-state index contributed by atoms with van der Waals surface area (Å²) in [6.07, 6.45) is 2.33. The maximum absolute atomic E-state index is 10.4. The van der Waals surface area contributed by atoms with E-state index in [-0.39, 0.29) is 6.04 Å². The van der Waals surface area contributed by atoms with Crippen LogP contribution in [0.1, 0.15) is 18.5 Å². The predicted octanol–water partition coefficient (Wildman–Crippen LogP) is 2.06. The lowest BCUT2D eigenvalue weighted by molar-refractivity contribution is -0.105. The van der Waals surface area contributed by atoms with E-state index in [9.17, 15) is 4.79 Å². The fourth-order valence-corrected chi connectivity index (χ4v) is 1.67. The molecule has 0 aliphatic heterocycles. The van der Waals surface area contributed by atoms with Gasteiger partial charge in [0.25, 0.3) is 0 Å². The fraction of sp³-hybridized carbons (Fsp3) is 0.167. The number of hydrogen-bond donors (Lipinski definition) is 1. The van der Waals surface area contributed by atoms with Crippen LogP contribution in [0, 0.1) is 0 Å². The number of anilines is 1. The monoisotopic (exact) mass is 215 g/mol. The SMILES string of the molecule is C[C@@H](c1ccccc1)n1nccc1NC=O. The summed E-state index contributed by atoms with van der Waals surface area (Å²) < 4.78 is 1.78. The average Bonchev–Trinajstić information content (AvgIpc) is 2.78. The molecule has 16 heavy (non-hydrogen) atoms. The number of amides is 1. The van der Waals surface area contributed by atoms with Crippen molar-refractivity contribution in [2.45, 2.75) is 13.0 Å². The fourth-order valence-electron chi connectivity index (χ4n) is 1.67. The van der Waals surface area contributed by atoms with E-state index in [0.717, 1.165) is 5.56 Å². The summed E-state index contributed by atoms with van der Waals surface area (Å²) in [5.74, 6) is 0.700. The Morgan fingerprint density at radius 3 is 2.75 bits per heavy atom. The number of rotatable bonds is 4. The third-order valence-electron chi connectivity index (χ3n) is 2.53. The van der Waals surface area contributed by atoms with Gasteiger partial charge < -0.3 is 5.32 Å². The zero-order valence-electron chi connectivity index (χ0n) is 9.00. The highest BCUT2D eigenvalue weighted by atomic mass is 16.1. The maximum Gasteiger partial charge on any atom is 0.212 e. The third kappa shape index (κ3) is 1.95. The first kappa shape index (κ1) is 10.4. The molecule has 1 aromatic carbocycles. The Hall–Kier alpha value is -2.10. The van der Waals surface area contributed by atoms with Crippen LogP contribution in [0.15, 0.2) is 42.6 Å². The van der Waals surface area contributed by atoms with Crippen LogP contribution in [0.3, 0.4) is 0 Å². The van der Waals surface area contributed by atoms with Crippen molar-refractivity contribution in [2.75, 3.05) is 5.32 Å². The molecule has 2 rings (SSSR count). The number of nitrogens with one attached hydrogen (secondary N) is 1. The minimum atomic E-state index is 0.0960. The smallest absolute Gasteiger partial charge is 0.212 e. The molecule has 2 aromatic rings. The van der Waals surface area contributed by atoms with Gasteiger partial charge in [0.15, 0.2) is 0 Å². The van der Waals surface area contributed by atoms with Gasteiger partial charge in [-0.15, -0.1) is 0 Å². The molecular weight excluding hydrogens is 202 g/mol. The van der Waals surface area contributed by atoms with E-state index in [1.165, 1.54) is 0 Å². The van der Waals surface area contributed by atoms with Crippen LogP contribution < -0.4 is 5.32 Å². The maximum atomic E-state index is 10.4. The Morgan fingerprint density at radius 1 is 1.31 bits per heavy atom. The van der Waals surface area contributed by atoms with Crippen molar-refractivity contribution in [1.29, 1.82) is 0 Å². The zero-order chi connectivity index (χ0) is 11.4. The van der Waals surface area contributed by atoms with Gasteiger partial charge >= 0.3 is 0 Å². The molecule has 4 heteroatoms. The summed E-state index contributed by atoms with van der Waals surface area (Å²) in [5.41, 5.74) is 1.15. The van der Waals surface area contributed by atoms with Crippen molar-refractivity contribution in [1.82, 2.24) is 9.78 Å². The minimum Gasteiger partial charge on any atom is -0.314 e. The molecule has 0 radical (unpaired) electrons. The molecule has 82 valence electrons. The lowest BCUT2D eigenvalue weighted by Gasteiger charge is -2.15. The van der Waals surface area contributed by atoms with Gasteiger partial charge in [0.05, 0.1) is 12.2 Å². The molecule has 1 amide bonds. The summed E-state index contributed by atoms with van der Waals surface area (Å²) in [6.45, 7) is 2.04. The van der Waals surface area contributed by atoms with Crippen molar-refractivity contribution in [3.8, 4) is 0 Å². The van der Waals surface area contributed by atoms with E-state index in [1.54, 1.807) is 16.9 Å². The molecule has 0 saturated carbocycles. The zero-order valence-corrected chi connectivity index (χ0v) is 9.00. The van der Waals surface area contributed by atoms with Gasteiger partial charge in [0, 0.05) is 6.07 Å². The molecule has 0 fully saturated rings. The Bertz CT molecular complexity index is 464. The van der Waals surface area contributed by atoms with E-state index in [1.807, 2.05) is 37.3 Å². The second-order valence-corrected chi connectivity index (χ2v) is 3.51. The Morgan fingerprint density at radius 2 is 2.06 bits per heavy atom. The van der Waals surface area contributed by atoms with E-state index >= 15 is 0 Å². The molecule has 0 saturated heterocycles. The average molecular weight is 215 g/mol. The molecule has 1 N–H and O–H groups in total. The van der Waals surface area contributed by atoms with Gasteiger partial charge in [-0.25, -0.2) is 4.68 Å². The van der Waals surface area contributed by atoms with Gasteiger partial charge in [-0.2, -0.15) is 5.10 Å². The van der Waals surface area contributed by atoms with Crippen LogP contribution in [-0.4, -0.2) is 16.2 Å². The Balaban J connectivity index is 2.30. The summed E-state index contributed by atoms with van der Waals surface area (Å²) in [7, 11) is 0. The first-order valence-corrected chi connectivity index (χ1v) is 5.11. The Kier molecular flexibility index (Phi) is 3.00. The van der Waals surface area contributed by atoms with Crippen molar-refractivity contribution in [2.24, 2.45) is 0 Å². The number of hydrogen-bond acceptors (Lipinski definition) is 2. The van der Waals surface area contributed by atoms with E-state index in [4.69, 9.17) is 0 Å². The number of carbonyl (C=O) groups is 1. The van der Waals surface area contributed by atoms with Crippen LogP contribution in [0.2, 0.25) is 0 Å². The van der Waals surface area contributed by atoms with Crippen molar-refractivity contribution in [3.05, 3.63) is 48.2 Å². The molecule has 0 spiro atoms. The van der Waals surface area contributed by atoms with Gasteiger partial charge in [0.1, 0.15) is 5.82 Å². The number of carbonyl (C=O) groups excluding carboxylic acids is 1. The van der Waals surface area contributed by atoms with E-state index in [0.29, 0.717) is 12.2 Å². The third-order valence-corrected chi connectivity index (χ3v) is 2.53. The van der Waals surface area contributed by atoms with E-state index in [2.05, 4.69) is 10.4 Å². The summed E-state index contributed by atoms with van der Waals surface area (Å²) >= 11 is 0. The molecule has 1 heterocycles. The number of nitrogens with zero attached hydrogens (tertiary/aromatic N) is 2. The second-order valence-electron chi connectivity index (χ2n) is 3.51.